The molecule has 0 radical (unpaired) electrons. The molecule has 1 aromatic carbocycles. The van der Waals surface area contributed by atoms with Crippen LogP contribution in [0.5, 0.6) is 5.75 Å². The molecule has 2 rings (SSSR count). The number of benzene rings is 1. The summed E-state index contributed by atoms with van der Waals surface area (Å²) in [5.74, 6) is 0.970. The zero-order chi connectivity index (χ0) is 14.7. The van der Waals surface area contributed by atoms with Crippen molar-refractivity contribution in [3.8, 4) is 5.75 Å². The first-order chi connectivity index (χ1) is 9.64. The van der Waals surface area contributed by atoms with E-state index in [0.717, 1.165) is 18.7 Å². The second-order valence-corrected chi connectivity index (χ2v) is 6.64. The maximum atomic E-state index is 5.44. The molecular formula is C16H22NOS2+. The largest absolute Gasteiger partial charge is 0.496 e. The van der Waals surface area contributed by atoms with Gasteiger partial charge in [-0.3, -0.25) is 0 Å². The monoisotopic (exact) mass is 308 g/mol. The molecule has 0 aliphatic rings. The topological polar surface area (TPSA) is 13.1 Å². The summed E-state index contributed by atoms with van der Waals surface area (Å²) in [4.78, 5) is 1.42. The van der Waals surface area contributed by atoms with Gasteiger partial charge in [-0.2, -0.15) is 4.57 Å². The lowest BCUT2D eigenvalue weighted by molar-refractivity contribution is -0.665. The highest BCUT2D eigenvalue weighted by atomic mass is 32.2. The first-order valence-electron chi connectivity index (χ1n) is 6.90. The van der Waals surface area contributed by atoms with Crippen molar-refractivity contribution in [2.24, 2.45) is 0 Å². The van der Waals surface area contributed by atoms with Crippen LogP contribution in [0.1, 0.15) is 30.8 Å². The first-order valence-corrected chi connectivity index (χ1v) is 8.94. The van der Waals surface area contributed by atoms with E-state index in [4.69, 9.17) is 4.74 Å². The molecule has 0 spiro atoms. The number of fused-ring (bicyclic) bond motifs is 1. The second-order valence-electron chi connectivity index (χ2n) is 4.64. The SMILES string of the molecule is CCC(=Cc1sc2cc(OC)c(C)cc2[n+]1CC)SC. The third kappa shape index (κ3) is 2.86. The van der Waals surface area contributed by atoms with Gasteiger partial charge in [-0.25, -0.2) is 0 Å². The van der Waals surface area contributed by atoms with Gasteiger partial charge in [-0.1, -0.05) is 18.3 Å². The number of methoxy groups -OCH3 is 1. The molecular weight excluding hydrogens is 286 g/mol. The fourth-order valence-corrected chi connectivity index (χ4v) is 4.13. The third-order valence-corrected chi connectivity index (χ3v) is 5.48. The van der Waals surface area contributed by atoms with Crippen molar-refractivity contribution in [2.75, 3.05) is 13.4 Å². The lowest BCUT2D eigenvalue weighted by Gasteiger charge is -2.02. The van der Waals surface area contributed by atoms with E-state index in [9.17, 15) is 0 Å². The van der Waals surface area contributed by atoms with E-state index < -0.39 is 0 Å². The fraction of sp³-hybridized carbons (Fsp3) is 0.438. The molecule has 0 bridgehead atoms. The zero-order valence-corrected chi connectivity index (χ0v) is 14.5. The summed E-state index contributed by atoms with van der Waals surface area (Å²) in [6, 6.07) is 4.39. The molecule has 2 aromatic rings. The van der Waals surface area contributed by atoms with Crippen LogP contribution in [-0.2, 0) is 6.54 Å². The van der Waals surface area contributed by atoms with Gasteiger partial charge in [0.25, 0.3) is 5.01 Å². The molecule has 0 saturated carbocycles. The Morgan fingerprint density at radius 1 is 1.40 bits per heavy atom. The number of ether oxygens (including phenoxy) is 1. The van der Waals surface area contributed by atoms with Crippen LogP contribution in [0.15, 0.2) is 17.0 Å². The number of thioether (sulfide) groups is 1. The Bertz CT molecular complexity index is 637. The van der Waals surface area contributed by atoms with Gasteiger partial charge in [-0.05, 0) is 37.0 Å². The molecule has 0 atom stereocenters. The molecule has 1 heterocycles. The van der Waals surface area contributed by atoms with Crippen LogP contribution in [-0.4, -0.2) is 13.4 Å². The van der Waals surface area contributed by atoms with Crippen molar-refractivity contribution >= 4 is 39.4 Å². The van der Waals surface area contributed by atoms with Crippen molar-refractivity contribution in [3.63, 3.8) is 0 Å². The molecule has 0 amide bonds. The standard InChI is InChI=1S/C16H22NOS2/c1-6-12(19-5)9-16-17(7-2)13-8-11(3)14(18-4)10-15(13)20-16/h8-10H,6-7H2,1-5H3/q+1. The highest BCUT2D eigenvalue weighted by Gasteiger charge is 2.19. The summed E-state index contributed by atoms with van der Waals surface area (Å²) in [7, 11) is 1.74. The average Bonchev–Trinajstić information content (AvgIpc) is 2.79. The van der Waals surface area contributed by atoms with Crippen LogP contribution in [0, 0.1) is 6.92 Å². The van der Waals surface area contributed by atoms with Crippen molar-refractivity contribution in [1.29, 1.82) is 0 Å². The van der Waals surface area contributed by atoms with Crippen molar-refractivity contribution in [3.05, 3.63) is 27.6 Å². The Hall–Kier alpha value is -1.000. The van der Waals surface area contributed by atoms with Gasteiger partial charge in [0, 0.05) is 18.2 Å². The minimum absolute atomic E-state index is 0.970. The Morgan fingerprint density at radius 2 is 2.15 bits per heavy atom. The van der Waals surface area contributed by atoms with Crippen LogP contribution in [0.4, 0.5) is 0 Å². The Kier molecular flexibility index (Phi) is 5.11. The highest BCUT2D eigenvalue weighted by Crippen LogP contribution is 2.30. The predicted octanol–water partition coefficient (Wildman–Crippen LogP) is 4.64. The van der Waals surface area contributed by atoms with Crippen LogP contribution in [0.2, 0.25) is 0 Å². The Morgan fingerprint density at radius 3 is 2.70 bits per heavy atom. The number of rotatable bonds is 5. The minimum Gasteiger partial charge on any atom is -0.496 e. The van der Waals surface area contributed by atoms with Crippen LogP contribution < -0.4 is 9.30 Å². The number of aryl methyl sites for hydroxylation is 2. The van der Waals surface area contributed by atoms with Gasteiger partial charge < -0.3 is 4.74 Å². The van der Waals surface area contributed by atoms with Gasteiger partial charge in [0.1, 0.15) is 17.0 Å². The highest BCUT2D eigenvalue weighted by molar-refractivity contribution is 8.02. The third-order valence-electron chi connectivity index (χ3n) is 3.46. The summed E-state index contributed by atoms with van der Waals surface area (Å²) < 4.78 is 9.11. The van der Waals surface area contributed by atoms with Crippen molar-refractivity contribution in [2.45, 2.75) is 33.7 Å². The molecule has 0 fully saturated rings. The van der Waals surface area contributed by atoms with E-state index in [0.29, 0.717) is 0 Å². The fourth-order valence-electron chi connectivity index (χ4n) is 2.33. The van der Waals surface area contributed by atoms with E-state index in [2.05, 4.69) is 49.8 Å². The van der Waals surface area contributed by atoms with E-state index in [1.165, 1.54) is 25.7 Å². The van der Waals surface area contributed by atoms with E-state index in [1.54, 1.807) is 7.11 Å². The van der Waals surface area contributed by atoms with Gasteiger partial charge >= 0.3 is 0 Å². The molecule has 0 aliphatic carbocycles. The van der Waals surface area contributed by atoms with Gasteiger partial charge in [-0.15, -0.1) is 11.8 Å². The van der Waals surface area contributed by atoms with Crippen molar-refractivity contribution < 1.29 is 9.30 Å². The molecule has 20 heavy (non-hydrogen) atoms. The molecule has 1 aromatic heterocycles. The Labute approximate surface area is 129 Å². The quantitative estimate of drug-likeness (QED) is 0.746. The van der Waals surface area contributed by atoms with Gasteiger partial charge in [0.2, 0.25) is 5.52 Å². The number of thiazole rings is 1. The second kappa shape index (κ2) is 6.64. The number of allylic oxidation sites excluding steroid dienone is 1. The van der Waals surface area contributed by atoms with Gasteiger partial charge in [0.05, 0.1) is 7.11 Å². The predicted molar refractivity (Wildman–Crippen MR) is 90.8 cm³/mol. The van der Waals surface area contributed by atoms with Crippen LogP contribution >= 0.6 is 23.1 Å². The maximum absolute atomic E-state index is 5.44. The molecule has 0 unspecified atom stereocenters. The minimum atomic E-state index is 0.970. The van der Waals surface area contributed by atoms with Crippen LogP contribution in [0.3, 0.4) is 0 Å². The van der Waals surface area contributed by atoms with Gasteiger partial charge in [0.15, 0.2) is 0 Å². The summed E-state index contributed by atoms with van der Waals surface area (Å²) in [6.45, 7) is 7.50. The Balaban J connectivity index is 2.64. The van der Waals surface area contributed by atoms with E-state index in [1.807, 2.05) is 23.1 Å². The first kappa shape index (κ1) is 15.4. The summed E-state index contributed by atoms with van der Waals surface area (Å²) in [5.41, 5.74) is 2.50. The summed E-state index contributed by atoms with van der Waals surface area (Å²) >= 11 is 3.67. The molecule has 0 N–H and O–H groups in total. The molecule has 4 heteroatoms. The van der Waals surface area contributed by atoms with Crippen molar-refractivity contribution in [1.82, 2.24) is 0 Å². The normalized spacial score (nSPS) is 12.2. The van der Waals surface area contributed by atoms with E-state index >= 15 is 0 Å². The number of nitrogens with zero attached hydrogens (tertiary/aromatic N) is 1. The van der Waals surface area contributed by atoms with Crippen LogP contribution in [0.25, 0.3) is 16.3 Å². The molecule has 0 saturated heterocycles. The lowest BCUT2D eigenvalue weighted by Crippen LogP contribution is -2.33. The number of hydrogen-bond donors (Lipinski definition) is 0. The summed E-state index contributed by atoms with van der Waals surface area (Å²) in [5, 5.41) is 1.32. The molecule has 108 valence electrons. The average molecular weight is 308 g/mol. The molecule has 0 aliphatic heterocycles. The molecule has 2 nitrogen and oxygen atoms in total. The smallest absolute Gasteiger partial charge is 0.263 e. The zero-order valence-electron chi connectivity index (χ0n) is 12.8. The summed E-state index contributed by atoms with van der Waals surface area (Å²) in [6.07, 6.45) is 5.55. The lowest BCUT2D eigenvalue weighted by atomic mass is 10.2. The maximum Gasteiger partial charge on any atom is 0.263 e. The van der Waals surface area contributed by atoms with E-state index in [-0.39, 0.29) is 0 Å². The number of hydrogen-bond acceptors (Lipinski definition) is 3. The number of aromatic nitrogens is 1.